The Hall–Kier alpha value is -2.93. The Morgan fingerprint density at radius 2 is 1.89 bits per heavy atom. The number of piperidine rings is 1. The molecule has 0 aromatic heterocycles. The lowest BCUT2D eigenvalue weighted by atomic mass is 9.95. The molecule has 0 atom stereocenters. The number of rotatable bonds is 7. The molecule has 0 aliphatic carbocycles. The van der Waals surface area contributed by atoms with Gasteiger partial charge in [0.1, 0.15) is 11.5 Å². The average Bonchev–Trinajstić information content (AvgIpc) is 2.69. The van der Waals surface area contributed by atoms with E-state index in [0.29, 0.717) is 29.5 Å². The van der Waals surface area contributed by atoms with Crippen molar-refractivity contribution < 1.29 is 14.5 Å². The third-order valence-corrected chi connectivity index (χ3v) is 4.68. The number of hydrogen-bond acceptors (Lipinski definition) is 5. The number of nitro groups is 1. The third kappa shape index (κ3) is 5.52. The maximum atomic E-state index is 12.4. The Bertz CT molecular complexity index is 786. The molecule has 0 spiro atoms. The van der Waals surface area contributed by atoms with Crippen molar-refractivity contribution in [1.29, 1.82) is 0 Å². The number of carbonyl (C=O) groups excluding carboxylic acids is 1. The van der Waals surface area contributed by atoms with Gasteiger partial charge >= 0.3 is 0 Å². The minimum absolute atomic E-state index is 0.00391. The standard InChI is InChI=1S/C20H23N3O4/c24-20(22-13-10-15-8-11-21-12-9-15)16-2-1-3-19(14-16)27-18-6-4-17(5-7-18)23(25)26/h1-7,14-15,21H,8-13H2,(H,22,24). The molecule has 0 saturated carbocycles. The minimum atomic E-state index is -0.460. The number of non-ortho nitro benzene ring substituents is 1. The molecular formula is C20H23N3O4. The van der Waals surface area contributed by atoms with Crippen molar-refractivity contribution in [2.24, 2.45) is 5.92 Å². The van der Waals surface area contributed by atoms with Crippen molar-refractivity contribution in [2.45, 2.75) is 19.3 Å². The fraction of sp³-hybridized carbons (Fsp3) is 0.350. The van der Waals surface area contributed by atoms with Crippen LogP contribution in [0.4, 0.5) is 5.69 Å². The first-order valence-electron chi connectivity index (χ1n) is 9.13. The first-order chi connectivity index (χ1) is 13.1. The predicted molar refractivity (Wildman–Crippen MR) is 102 cm³/mol. The monoisotopic (exact) mass is 369 g/mol. The van der Waals surface area contributed by atoms with Crippen molar-refractivity contribution in [3.63, 3.8) is 0 Å². The summed E-state index contributed by atoms with van der Waals surface area (Å²) in [6, 6.07) is 12.7. The van der Waals surface area contributed by atoms with E-state index in [-0.39, 0.29) is 11.6 Å². The summed E-state index contributed by atoms with van der Waals surface area (Å²) in [7, 11) is 0. The Balaban J connectivity index is 1.54. The SMILES string of the molecule is O=C(NCCC1CCNCC1)c1cccc(Oc2ccc([N+](=O)[O-])cc2)c1. The van der Waals surface area contributed by atoms with E-state index in [1.54, 1.807) is 24.3 Å². The highest BCUT2D eigenvalue weighted by atomic mass is 16.6. The Morgan fingerprint density at radius 1 is 1.15 bits per heavy atom. The second-order valence-corrected chi connectivity index (χ2v) is 6.62. The van der Waals surface area contributed by atoms with Gasteiger partial charge in [-0.15, -0.1) is 0 Å². The van der Waals surface area contributed by atoms with Crippen LogP contribution in [0.25, 0.3) is 0 Å². The molecule has 2 aromatic carbocycles. The van der Waals surface area contributed by atoms with E-state index >= 15 is 0 Å². The van der Waals surface area contributed by atoms with E-state index in [4.69, 9.17) is 4.74 Å². The number of carbonyl (C=O) groups is 1. The highest BCUT2D eigenvalue weighted by molar-refractivity contribution is 5.94. The van der Waals surface area contributed by atoms with Gasteiger partial charge in [0.2, 0.25) is 0 Å². The summed E-state index contributed by atoms with van der Waals surface area (Å²) < 4.78 is 5.69. The van der Waals surface area contributed by atoms with E-state index in [2.05, 4.69) is 10.6 Å². The molecule has 27 heavy (non-hydrogen) atoms. The Morgan fingerprint density at radius 3 is 2.59 bits per heavy atom. The summed E-state index contributed by atoms with van der Waals surface area (Å²) in [6.07, 6.45) is 3.31. The van der Waals surface area contributed by atoms with Gasteiger partial charge in [0.05, 0.1) is 4.92 Å². The number of benzene rings is 2. The first-order valence-corrected chi connectivity index (χ1v) is 9.13. The molecule has 0 unspecified atom stereocenters. The molecule has 1 heterocycles. The topological polar surface area (TPSA) is 93.5 Å². The van der Waals surface area contributed by atoms with Gasteiger partial charge in [-0.3, -0.25) is 14.9 Å². The number of nitrogens with zero attached hydrogens (tertiary/aromatic N) is 1. The van der Waals surface area contributed by atoms with Gasteiger partial charge in [-0.2, -0.15) is 0 Å². The lowest BCUT2D eigenvalue weighted by Crippen LogP contribution is -2.31. The molecule has 2 aromatic rings. The molecule has 7 heteroatoms. The molecule has 7 nitrogen and oxygen atoms in total. The van der Waals surface area contributed by atoms with Crippen molar-refractivity contribution in [3.8, 4) is 11.5 Å². The van der Waals surface area contributed by atoms with Gasteiger partial charge in [-0.25, -0.2) is 0 Å². The van der Waals surface area contributed by atoms with Crippen molar-refractivity contribution in [1.82, 2.24) is 10.6 Å². The maximum Gasteiger partial charge on any atom is 0.269 e. The van der Waals surface area contributed by atoms with Crippen LogP contribution in [0.5, 0.6) is 11.5 Å². The van der Waals surface area contributed by atoms with Gasteiger partial charge in [0.15, 0.2) is 0 Å². The lowest BCUT2D eigenvalue weighted by molar-refractivity contribution is -0.384. The van der Waals surface area contributed by atoms with Crippen LogP contribution in [-0.4, -0.2) is 30.5 Å². The zero-order valence-corrected chi connectivity index (χ0v) is 15.0. The number of nitro benzene ring substituents is 1. The molecule has 1 fully saturated rings. The summed E-state index contributed by atoms with van der Waals surface area (Å²) in [5.74, 6) is 1.53. The number of amides is 1. The largest absolute Gasteiger partial charge is 0.457 e. The number of ether oxygens (including phenoxy) is 1. The van der Waals surface area contributed by atoms with Crippen molar-refractivity contribution in [3.05, 3.63) is 64.2 Å². The van der Waals surface area contributed by atoms with Crippen LogP contribution in [-0.2, 0) is 0 Å². The fourth-order valence-corrected chi connectivity index (χ4v) is 3.14. The molecule has 3 rings (SSSR count). The van der Waals surface area contributed by atoms with E-state index in [9.17, 15) is 14.9 Å². The molecule has 1 aliphatic heterocycles. The third-order valence-electron chi connectivity index (χ3n) is 4.68. The molecule has 2 N–H and O–H groups in total. The average molecular weight is 369 g/mol. The molecule has 0 radical (unpaired) electrons. The molecule has 1 aliphatic rings. The first kappa shape index (κ1) is 18.8. The summed E-state index contributed by atoms with van der Waals surface area (Å²) in [4.78, 5) is 22.6. The summed E-state index contributed by atoms with van der Waals surface area (Å²) >= 11 is 0. The highest BCUT2D eigenvalue weighted by Crippen LogP contribution is 2.24. The van der Waals surface area contributed by atoms with Crippen LogP contribution in [0.3, 0.4) is 0 Å². The van der Waals surface area contributed by atoms with E-state index < -0.39 is 4.92 Å². The zero-order chi connectivity index (χ0) is 19.1. The zero-order valence-electron chi connectivity index (χ0n) is 15.0. The number of nitrogens with one attached hydrogen (secondary N) is 2. The van der Waals surface area contributed by atoms with E-state index in [0.717, 1.165) is 32.4 Å². The van der Waals surface area contributed by atoms with Crippen LogP contribution in [0.2, 0.25) is 0 Å². The fourth-order valence-electron chi connectivity index (χ4n) is 3.14. The number of hydrogen-bond donors (Lipinski definition) is 2. The molecule has 1 saturated heterocycles. The van der Waals surface area contributed by atoms with Crippen LogP contribution < -0.4 is 15.4 Å². The molecule has 1 amide bonds. The van der Waals surface area contributed by atoms with Gasteiger partial charge in [0, 0.05) is 24.2 Å². The maximum absolute atomic E-state index is 12.4. The van der Waals surface area contributed by atoms with Crippen LogP contribution >= 0.6 is 0 Å². The van der Waals surface area contributed by atoms with Gasteiger partial charge in [0.25, 0.3) is 11.6 Å². The van der Waals surface area contributed by atoms with Crippen LogP contribution in [0, 0.1) is 16.0 Å². The summed E-state index contributed by atoms with van der Waals surface area (Å²) in [5.41, 5.74) is 0.531. The second kappa shape index (κ2) is 9.14. The van der Waals surface area contributed by atoms with E-state index in [1.165, 1.54) is 24.3 Å². The van der Waals surface area contributed by atoms with Gasteiger partial charge in [-0.05, 0) is 68.6 Å². The Labute approximate surface area is 157 Å². The second-order valence-electron chi connectivity index (χ2n) is 6.62. The normalized spacial score (nSPS) is 14.5. The quantitative estimate of drug-likeness (QED) is 0.575. The molecule has 0 bridgehead atoms. The van der Waals surface area contributed by atoms with Crippen LogP contribution in [0.1, 0.15) is 29.6 Å². The molecule has 142 valence electrons. The van der Waals surface area contributed by atoms with Crippen LogP contribution in [0.15, 0.2) is 48.5 Å². The van der Waals surface area contributed by atoms with Gasteiger partial charge in [-0.1, -0.05) is 6.07 Å². The summed E-state index contributed by atoms with van der Waals surface area (Å²) in [6.45, 7) is 2.78. The van der Waals surface area contributed by atoms with Gasteiger partial charge < -0.3 is 15.4 Å². The highest BCUT2D eigenvalue weighted by Gasteiger charge is 2.13. The lowest BCUT2D eigenvalue weighted by Gasteiger charge is -2.22. The smallest absolute Gasteiger partial charge is 0.269 e. The van der Waals surface area contributed by atoms with E-state index in [1.807, 2.05) is 0 Å². The minimum Gasteiger partial charge on any atom is -0.457 e. The summed E-state index contributed by atoms with van der Waals surface area (Å²) in [5, 5.41) is 17.0. The Kier molecular flexibility index (Phi) is 6.38. The van der Waals surface area contributed by atoms with Crippen molar-refractivity contribution >= 4 is 11.6 Å². The van der Waals surface area contributed by atoms with Crippen molar-refractivity contribution in [2.75, 3.05) is 19.6 Å². The predicted octanol–water partition coefficient (Wildman–Crippen LogP) is 3.51. The molecular weight excluding hydrogens is 346 g/mol.